The second-order valence-electron chi connectivity index (χ2n) is 5.83. The zero-order chi connectivity index (χ0) is 16.2. The van der Waals surface area contributed by atoms with Gasteiger partial charge in [-0.25, -0.2) is 12.7 Å². The Balaban J connectivity index is 1.89. The summed E-state index contributed by atoms with van der Waals surface area (Å²) in [7, 11) is -3.12. The molecule has 0 atom stereocenters. The molecule has 0 unspecified atom stereocenters. The van der Waals surface area contributed by atoms with Crippen molar-refractivity contribution >= 4 is 15.9 Å². The first-order chi connectivity index (χ1) is 10.4. The number of carbonyl (C=O) groups excluding carboxylic acids is 1. The van der Waals surface area contributed by atoms with E-state index >= 15 is 0 Å². The highest BCUT2D eigenvalue weighted by Crippen LogP contribution is 2.16. The summed E-state index contributed by atoms with van der Waals surface area (Å²) in [6.45, 7) is 4.79. The molecule has 1 aromatic carbocycles. The molecule has 0 bridgehead atoms. The van der Waals surface area contributed by atoms with Crippen LogP contribution in [0.1, 0.15) is 42.1 Å². The number of amides is 1. The number of nitrogens with zero attached hydrogens (tertiary/aromatic N) is 1. The van der Waals surface area contributed by atoms with E-state index in [1.54, 1.807) is 10.4 Å². The third kappa shape index (κ3) is 4.30. The fourth-order valence-corrected chi connectivity index (χ4v) is 4.26. The molecule has 22 heavy (non-hydrogen) atoms. The maximum absolute atomic E-state index is 12.2. The quantitative estimate of drug-likeness (QED) is 0.900. The van der Waals surface area contributed by atoms with Crippen LogP contribution in [0.3, 0.4) is 0 Å². The molecule has 1 saturated heterocycles. The minimum Gasteiger partial charge on any atom is -0.349 e. The van der Waals surface area contributed by atoms with Crippen molar-refractivity contribution in [2.45, 2.75) is 39.2 Å². The Morgan fingerprint density at radius 1 is 1.32 bits per heavy atom. The summed E-state index contributed by atoms with van der Waals surface area (Å²) in [5, 5.41) is 3.01. The van der Waals surface area contributed by atoms with Crippen molar-refractivity contribution in [2.24, 2.45) is 0 Å². The van der Waals surface area contributed by atoms with E-state index in [0.717, 1.165) is 5.56 Å². The monoisotopic (exact) mass is 324 g/mol. The van der Waals surface area contributed by atoms with Crippen molar-refractivity contribution in [3.8, 4) is 0 Å². The number of sulfonamides is 1. The fraction of sp³-hybridized carbons (Fsp3) is 0.562. The van der Waals surface area contributed by atoms with Crippen LogP contribution in [-0.2, 0) is 10.0 Å². The lowest BCUT2D eigenvalue weighted by Gasteiger charge is -2.31. The summed E-state index contributed by atoms with van der Waals surface area (Å²) < 4.78 is 25.6. The Bertz CT molecular complexity index is 620. The van der Waals surface area contributed by atoms with Gasteiger partial charge in [0.2, 0.25) is 10.0 Å². The van der Waals surface area contributed by atoms with Gasteiger partial charge in [-0.3, -0.25) is 4.79 Å². The molecule has 5 nitrogen and oxygen atoms in total. The van der Waals surface area contributed by atoms with E-state index in [1.807, 2.05) is 32.0 Å². The Hall–Kier alpha value is -1.40. The molecule has 0 saturated carbocycles. The smallest absolute Gasteiger partial charge is 0.251 e. The zero-order valence-corrected chi connectivity index (χ0v) is 14.0. The number of nitrogens with one attached hydrogen (secondary N) is 1. The average molecular weight is 324 g/mol. The van der Waals surface area contributed by atoms with Gasteiger partial charge in [-0.15, -0.1) is 0 Å². The van der Waals surface area contributed by atoms with Crippen LogP contribution in [-0.4, -0.2) is 43.5 Å². The van der Waals surface area contributed by atoms with E-state index in [0.29, 0.717) is 37.9 Å². The number of rotatable bonds is 5. The Labute approximate surface area is 132 Å². The number of hydrogen-bond donors (Lipinski definition) is 1. The van der Waals surface area contributed by atoms with Gasteiger partial charge < -0.3 is 5.32 Å². The van der Waals surface area contributed by atoms with Gasteiger partial charge in [0.25, 0.3) is 5.91 Å². The number of carbonyl (C=O) groups is 1. The van der Waals surface area contributed by atoms with E-state index in [4.69, 9.17) is 0 Å². The molecule has 1 amide bonds. The molecular weight excluding hydrogens is 300 g/mol. The predicted molar refractivity (Wildman–Crippen MR) is 87.3 cm³/mol. The molecule has 0 radical (unpaired) electrons. The number of piperidine rings is 1. The lowest BCUT2D eigenvalue weighted by Crippen LogP contribution is -2.47. The van der Waals surface area contributed by atoms with Gasteiger partial charge >= 0.3 is 0 Å². The number of benzene rings is 1. The summed E-state index contributed by atoms with van der Waals surface area (Å²) in [5.41, 5.74) is 1.70. The van der Waals surface area contributed by atoms with Crippen LogP contribution in [0.5, 0.6) is 0 Å². The Kier molecular flexibility index (Phi) is 5.58. The molecule has 1 N–H and O–H groups in total. The predicted octanol–water partition coefficient (Wildman–Crippen LogP) is 1.93. The topological polar surface area (TPSA) is 66.5 Å². The van der Waals surface area contributed by atoms with Gasteiger partial charge in [-0.05, 0) is 38.3 Å². The third-order valence-electron chi connectivity index (χ3n) is 3.92. The summed E-state index contributed by atoms with van der Waals surface area (Å²) in [5.74, 6) is 0.117. The average Bonchev–Trinajstić information content (AvgIpc) is 2.47. The molecule has 0 aliphatic carbocycles. The normalized spacial score (nSPS) is 17.4. The summed E-state index contributed by atoms with van der Waals surface area (Å²) in [6, 6.07) is 7.51. The highest BCUT2D eigenvalue weighted by atomic mass is 32.2. The molecule has 122 valence electrons. The highest BCUT2D eigenvalue weighted by molar-refractivity contribution is 7.89. The van der Waals surface area contributed by atoms with E-state index in [1.165, 1.54) is 0 Å². The van der Waals surface area contributed by atoms with Crippen LogP contribution in [0, 0.1) is 6.92 Å². The molecule has 1 heterocycles. The van der Waals surface area contributed by atoms with E-state index in [-0.39, 0.29) is 17.7 Å². The molecule has 1 aliphatic rings. The van der Waals surface area contributed by atoms with Crippen LogP contribution in [0.15, 0.2) is 24.3 Å². The largest absolute Gasteiger partial charge is 0.349 e. The standard InChI is InChI=1S/C16H24N2O3S/c1-3-11-22(20,21)18-9-7-15(8-10-18)17-16(19)14-6-4-5-13(2)12-14/h4-6,12,15H,3,7-11H2,1-2H3,(H,17,19). The van der Waals surface area contributed by atoms with Crippen LogP contribution in [0.2, 0.25) is 0 Å². The Morgan fingerprint density at radius 2 is 2.00 bits per heavy atom. The minimum absolute atomic E-state index is 0.0427. The van der Waals surface area contributed by atoms with Crippen molar-refractivity contribution < 1.29 is 13.2 Å². The molecule has 1 aromatic rings. The van der Waals surface area contributed by atoms with Gasteiger partial charge in [0.15, 0.2) is 0 Å². The van der Waals surface area contributed by atoms with Crippen LogP contribution >= 0.6 is 0 Å². The number of hydrogen-bond acceptors (Lipinski definition) is 3. The summed E-state index contributed by atoms with van der Waals surface area (Å²) >= 11 is 0. The van der Waals surface area contributed by atoms with Crippen molar-refractivity contribution in [1.29, 1.82) is 0 Å². The van der Waals surface area contributed by atoms with Crippen molar-refractivity contribution in [3.63, 3.8) is 0 Å². The van der Waals surface area contributed by atoms with Gasteiger partial charge in [-0.1, -0.05) is 24.6 Å². The van der Waals surface area contributed by atoms with Crippen molar-refractivity contribution in [2.75, 3.05) is 18.8 Å². The molecule has 6 heteroatoms. The molecule has 1 fully saturated rings. The van der Waals surface area contributed by atoms with E-state index in [2.05, 4.69) is 5.32 Å². The number of aryl methyl sites for hydroxylation is 1. The first-order valence-corrected chi connectivity index (χ1v) is 9.38. The SMILES string of the molecule is CCCS(=O)(=O)N1CCC(NC(=O)c2cccc(C)c2)CC1. The molecule has 0 spiro atoms. The lowest BCUT2D eigenvalue weighted by molar-refractivity contribution is 0.0924. The maximum Gasteiger partial charge on any atom is 0.251 e. The Morgan fingerprint density at radius 3 is 2.59 bits per heavy atom. The second-order valence-corrected chi connectivity index (χ2v) is 7.92. The first kappa shape index (κ1) is 17.0. The molecule has 2 rings (SSSR count). The zero-order valence-electron chi connectivity index (χ0n) is 13.2. The van der Waals surface area contributed by atoms with Crippen LogP contribution in [0.4, 0.5) is 0 Å². The summed E-state index contributed by atoms with van der Waals surface area (Å²) in [4.78, 5) is 12.2. The van der Waals surface area contributed by atoms with Gasteiger partial charge in [-0.2, -0.15) is 0 Å². The van der Waals surface area contributed by atoms with Crippen molar-refractivity contribution in [3.05, 3.63) is 35.4 Å². The van der Waals surface area contributed by atoms with Gasteiger partial charge in [0, 0.05) is 24.7 Å². The van der Waals surface area contributed by atoms with Gasteiger partial charge in [0.1, 0.15) is 0 Å². The van der Waals surface area contributed by atoms with Gasteiger partial charge in [0.05, 0.1) is 5.75 Å². The summed E-state index contributed by atoms with van der Waals surface area (Å²) in [6.07, 6.45) is 1.97. The van der Waals surface area contributed by atoms with E-state index in [9.17, 15) is 13.2 Å². The molecule has 1 aliphatic heterocycles. The molecular formula is C16H24N2O3S. The van der Waals surface area contributed by atoms with Crippen LogP contribution in [0.25, 0.3) is 0 Å². The maximum atomic E-state index is 12.2. The second kappa shape index (κ2) is 7.24. The third-order valence-corrected chi connectivity index (χ3v) is 6.00. The minimum atomic E-state index is -3.12. The van der Waals surface area contributed by atoms with Crippen molar-refractivity contribution in [1.82, 2.24) is 9.62 Å². The van der Waals surface area contributed by atoms with E-state index < -0.39 is 10.0 Å². The first-order valence-electron chi connectivity index (χ1n) is 7.77. The lowest BCUT2D eigenvalue weighted by atomic mass is 10.1. The fourth-order valence-electron chi connectivity index (χ4n) is 2.72. The molecule has 0 aromatic heterocycles. The van der Waals surface area contributed by atoms with Crippen LogP contribution < -0.4 is 5.32 Å². The highest BCUT2D eigenvalue weighted by Gasteiger charge is 2.28.